The maximum Gasteiger partial charge on any atom is 0.223 e. The van der Waals surface area contributed by atoms with Crippen LogP contribution in [0.1, 0.15) is 37.8 Å². The predicted octanol–water partition coefficient (Wildman–Crippen LogP) is 1.83. The number of pyridine rings is 1. The fourth-order valence-electron chi connectivity index (χ4n) is 2.05. The maximum absolute atomic E-state index is 11.8. The Bertz CT molecular complexity index is 361. The molecule has 1 aliphatic heterocycles. The summed E-state index contributed by atoms with van der Waals surface area (Å²) < 4.78 is 5.44. The Balaban J connectivity index is 1.81. The molecule has 2 atom stereocenters. The summed E-state index contributed by atoms with van der Waals surface area (Å²) in [5.41, 5.74) is 1.07. The van der Waals surface area contributed by atoms with Gasteiger partial charge in [-0.25, -0.2) is 0 Å². The molecule has 92 valence electrons. The second-order valence-electron chi connectivity index (χ2n) is 4.41. The van der Waals surface area contributed by atoms with E-state index in [4.69, 9.17) is 4.74 Å². The maximum atomic E-state index is 11.8. The molecule has 1 fully saturated rings. The molecule has 4 heteroatoms. The van der Waals surface area contributed by atoms with Gasteiger partial charge >= 0.3 is 0 Å². The van der Waals surface area contributed by atoms with E-state index in [1.807, 2.05) is 19.1 Å². The van der Waals surface area contributed by atoms with Gasteiger partial charge in [-0.2, -0.15) is 0 Å². The van der Waals surface area contributed by atoms with Gasteiger partial charge in [0, 0.05) is 19.0 Å². The number of hydrogen-bond donors (Lipinski definition) is 1. The van der Waals surface area contributed by atoms with E-state index in [0.29, 0.717) is 6.42 Å². The first-order chi connectivity index (χ1) is 8.25. The Labute approximate surface area is 101 Å². The first-order valence-corrected chi connectivity index (χ1v) is 6.06. The zero-order valence-electron chi connectivity index (χ0n) is 10.1. The van der Waals surface area contributed by atoms with Crippen molar-refractivity contribution in [1.29, 1.82) is 0 Å². The third-order valence-corrected chi connectivity index (χ3v) is 3.02. The van der Waals surface area contributed by atoms with E-state index in [1.165, 1.54) is 0 Å². The van der Waals surface area contributed by atoms with Crippen LogP contribution in [0.15, 0.2) is 24.5 Å². The van der Waals surface area contributed by atoms with Gasteiger partial charge in [-0.3, -0.25) is 9.78 Å². The van der Waals surface area contributed by atoms with Gasteiger partial charge < -0.3 is 10.1 Å². The Morgan fingerprint density at radius 1 is 1.59 bits per heavy atom. The molecule has 0 unspecified atom stereocenters. The fraction of sp³-hybridized carbons (Fsp3) is 0.538. The van der Waals surface area contributed by atoms with Gasteiger partial charge in [0.15, 0.2) is 0 Å². The molecule has 2 rings (SSSR count). The van der Waals surface area contributed by atoms with Crippen molar-refractivity contribution >= 4 is 5.91 Å². The average Bonchev–Trinajstić information content (AvgIpc) is 2.82. The molecule has 1 aromatic rings. The number of hydrogen-bond acceptors (Lipinski definition) is 3. The van der Waals surface area contributed by atoms with Crippen molar-refractivity contribution in [2.24, 2.45) is 0 Å². The first kappa shape index (κ1) is 12.0. The monoisotopic (exact) mass is 234 g/mol. The lowest BCUT2D eigenvalue weighted by molar-refractivity contribution is -0.123. The number of nitrogens with zero attached hydrogens (tertiary/aromatic N) is 1. The molecule has 0 aromatic carbocycles. The normalized spacial score (nSPS) is 21.1. The zero-order chi connectivity index (χ0) is 12.1. The molecule has 0 radical (unpaired) electrons. The summed E-state index contributed by atoms with van der Waals surface area (Å²) in [5, 5.41) is 2.98. The van der Waals surface area contributed by atoms with Crippen molar-refractivity contribution in [2.75, 3.05) is 6.61 Å². The zero-order valence-corrected chi connectivity index (χ0v) is 10.1. The Kier molecular flexibility index (Phi) is 4.09. The standard InChI is InChI=1S/C13H18N2O2/c1-10(11-4-6-14-7-5-11)15-13(16)9-12-3-2-8-17-12/h4-7,10,12H,2-3,8-9H2,1H3,(H,15,16)/t10-,12-/m0/s1. The van der Waals surface area contributed by atoms with Gasteiger partial charge in [-0.15, -0.1) is 0 Å². The van der Waals surface area contributed by atoms with Gasteiger partial charge in [-0.05, 0) is 37.5 Å². The van der Waals surface area contributed by atoms with Crippen LogP contribution in [0.3, 0.4) is 0 Å². The van der Waals surface area contributed by atoms with Gasteiger partial charge in [0.05, 0.1) is 18.6 Å². The molecule has 2 heterocycles. The Hall–Kier alpha value is -1.42. The van der Waals surface area contributed by atoms with E-state index in [-0.39, 0.29) is 18.1 Å². The van der Waals surface area contributed by atoms with E-state index in [1.54, 1.807) is 12.4 Å². The summed E-state index contributed by atoms with van der Waals surface area (Å²) in [6, 6.07) is 3.85. The van der Waals surface area contributed by atoms with Crippen LogP contribution in [-0.4, -0.2) is 23.6 Å². The second kappa shape index (κ2) is 5.77. The van der Waals surface area contributed by atoms with E-state index in [2.05, 4.69) is 10.3 Å². The molecule has 0 saturated carbocycles. The highest BCUT2D eigenvalue weighted by atomic mass is 16.5. The SMILES string of the molecule is C[C@H](NC(=O)C[C@@H]1CCCO1)c1ccncc1. The lowest BCUT2D eigenvalue weighted by Crippen LogP contribution is -2.29. The van der Waals surface area contributed by atoms with Crippen molar-refractivity contribution in [3.05, 3.63) is 30.1 Å². The van der Waals surface area contributed by atoms with Gasteiger partial charge in [0.2, 0.25) is 5.91 Å². The van der Waals surface area contributed by atoms with Crippen LogP contribution in [-0.2, 0) is 9.53 Å². The van der Waals surface area contributed by atoms with Gasteiger partial charge in [0.25, 0.3) is 0 Å². The molecule has 1 saturated heterocycles. The minimum absolute atomic E-state index is 0.0203. The quantitative estimate of drug-likeness (QED) is 0.864. The van der Waals surface area contributed by atoms with Crippen LogP contribution in [0.4, 0.5) is 0 Å². The highest BCUT2D eigenvalue weighted by Crippen LogP contribution is 2.16. The number of nitrogens with one attached hydrogen (secondary N) is 1. The third-order valence-electron chi connectivity index (χ3n) is 3.02. The molecule has 0 bridgehead atoms. The average molecular weight is 234 g/mol. The van der Waals surface area contributed by atoms with Crippen LogP contribution >= 0.6 is 0 Å². The minimum Gasteiger partial charge on any atom is -0.378 e. The van der Waals surface area contributed by atoms with Crippen LogP contribution < -0.4 is 5.32 Å². The largest absolute Gasteiger partial charge is 0.378 e. The third kappa shape index (κ3) is 3.53. The van der Waals surface area contributed by atoms with Gasteiger partial charge in [-0.1, -0.05) is 0 Å². The second-order valence-corrected chi connectivity index (χ2v) is 4.41. The van der Waals surface area contributed by atoms with E-state index in [9.17, 15) is 4.79 Å². The molecular weight excluding hydrogens is 216 g/mol. The Morgan fingerprint density at radius 3 is 3.00 bits per heavy atom. The molecule has 1 amide bonds. The molecule has 0 spiro atoms. The van der Waals surface area contributed by atoms with Crippen LogP contribution in [0, 0.1) is 0 Å². The number of carbonyl (C=O) groups excluding carboxylic acids is 1. The van der Waals surface area contributed by atoms with Crippen molar-refractivity contribution in [3.8, 4) is 0 Å². The van der Waals surface area contributed by atoms with Crippen molar-refractivity contribution < 1.29 is 9.53 Å². The number of carbonyl (C=O) groups is 1. The van der Waals surface area contributed by atoms with Crippen molar-refractivity contribution in [3.63, 3.8) is 0 Å². The van der Waals surface area contributed by atoms with E-state index >= 15 is 0 Å². The van der Waals surface area contributed by atoms with Crippen molar-refractivity contribution in [2.45, 2.75) is 38.3 Å². The summed E-state index contributed by atoms with van der Waals surface area (Å²) in [5.74, 6) is 0.0567. The summed E-state index contributed by atoms with van der Waals surface area (Å²) in [4.78, 5) is 15.7. The molecular formula is C13H18N2O2. The fourth-order valence-corrected chi connectivity index (χ4v) is 2.05. The van der Waals surface area contributed by atoms with Crippen LogP contribution in [0.5, 0.6) is 0 Å². The Morgan fingerprint density at radius 2 is 2.35 bits per heavy atom. The summed E-state index contributed by atoms with van der Waals surface area (Å²) in [6.45, 7) is 2.76. The first-order valence-electron chi connectivity index (χ1n) is 6.06. The number of rotatable bonds is 4. The minimum atomic E-state index is 0.0203. The molecule has 17 heavy (non-hydrogen) atoms. The highest BCUT2D eigenvalue weighted by molar-refractivity contribution is 5.76. The lowest BCUT2D eigenvalue weighted by Gasteiger charge is -2.15. The molecule has 1 aromatic heterocycles. The molecule has 0 aliphatic carbocycles. The van der Waals surface area contributed by atoms with Crippen LogP contribution in [0.25, 0.3) is 0 Å². The molecule has 1 aliphatic rings. The highest BCUT2D eigenvalue weighted by Gasteiger charge is 2.20. The molecule has 4 nitrogen and oxygen atoms in total. The summed E-state index contributed by atoms with van der Waals surface area (Å²) in [7, 11) is 0. The smallest absolute Gasteiger partial charge is 0.223 e. The summed E-state index contributed by atoms with van der Waals surface area (Å²) >= 11 is 0. The van der Waals surface area contributed by atoms with Gasteiger partial charge in [0.1, 0.15) is 0 Å². The van der Waals surface area contributed by atoms with E-state index in [0.717, 1.165) is 25.0 Å². The number of aromatic nitrogens is 1. The predicted molar refractivity (Wildman–Crippen MR) is 64.4 cm³/mol. The lowest BCUT2D eigenvalue weighted by atomic mass is 10.1. The number of amides is 1. The van der Waals surface area contributed by atoms with Crippen molar-refractivity contribution in [1.82, 2.24) is 10.3 Å². The topological polar surface area (TPSA) is 51.2 Å². The number of ether oxygens (including phenoxy) is 1. The molecule has 1 N–H and O–H groups in total. The summed E-state index contributed by atoms with van der Waals surface area (Å²) in [6.07, 6.45) is 6.11. The van der Waals surface area contributed by atoms with E-state index < -0.39 is 0 Å². The van der Waals surface area contributed by atoms with Crippen LogP contribution in [0.2, 0.25) is 0 Å².